The van der Waals surface area contributed by atoms with E-state index in [0.717, 1.165) is 30.1 Å². The zero-order chi connectivity index (χ0) is 9.97. The topological polar surface area (TPSA) is 56.3 Å². The SMILES string of the molecule is CNc1nc(OC)nc2c1COCC2. The molecule has 5 nitrogen and oxygen atoms in total. The van der Waals surface area contributed by atoms with Crippen LogP contribution in [0.25, 0.3) is 0 Å². The van der Waals surface area contributed by atoms with Gasteiger partial charge >= 0.3 is 6.01 Å². The van der Waals surface area contributed by atoms with Gasteiger partial charge in [-0.25, -0.2) is 0 Å². The Labute approximate surface area is 82.5 Å². The molecule has 0 amide bonds. The summed E-state index contributed by atoms with van der Waals surface area (Å²) in [6.07, 6.45) is 0.822. The lowest BCUT2D eigenvalue weighted by atomic mass is 10.1. The maximum atomic E-state index is 5.35. The largest absolute Gasteiger partial charge is 0.467 e. The number of ether oxygens (including phenoxy) is 2. The molecule has 2 heterocycles. The summed E-state index contributed by atoms with van der Waals surface area (Å²) >= 11 is 0. The lowest BCUT2D eigenvalue weighted by Crippen LogP contribution is -2.16. The molecule has 1 aliphatic heterocycles. The molecule has 1 aliphatic rings. The van der Waals surface area contributed by atoms with Crippen molar-refractivity contribution in [2.24, 2.45) is 0 Å². The quantitative estimate of drug-likeness (QED) is 0.748. The summed E-state index contributed by atoms with van der Waals surface area (Å²) in [5, 5.41) is 3.02. The molecule has 14 heavy (non-hydrogen) atoms. The number of rotatable bonds is 2. The summed E-state index contributed by atoms with van der Waals surface area (Å²) in [6.45, 7) is 1.30. The Hall–Kier alpha value is -1.36. The fraction of sp³-hybridized carbons (Fsp3) is 0.556. The Balaban J connectivity index is 2.47. The number of nitrogens with one attached hydrogen (secondary N) is 1. The van der Waals surface area contributed by atoms with E-state index in [9.17, 15) is 0 Å². The van der Waals surface area contributed by atoms with Crippen molar-refractivity contribution < 1.29 is 9.47 Å². The van der Waals surface area contributed by atoms with Gasteiger partial charge in [-0.15, -0.1) is 0 Å². The summed E-state index contributed by atoms with van der Waals surface area (Å²) < 4.78 is 10.4. The van der Waals surface area contributed by atoms with Crippen LogP contribution in [0.2, 0.25) is 0 Å². The van der Waals surface area contributed by atoms with Crippen LogP contribution >= 0.6 is 0 Å². The van der Waals surface area contributed by atoms with Gasteiger partial charge in [0.25, 0.3) is 0 Å². The Bertz CT molecular complexity index is 324. The van der Waals surface area contributed by atoms with Crippen LogP contribution in [0, 0.1) is 0 Å². The van der Waals surface area contributed by atoms with Crippen molar-refractivity contribution in [1.82, 2.24) is 9.97 Å². The lowest BCUT2D eigenvalue weighted by Gasteiger charge is -2.18. The second-order valence-corrected chi connectivity index (χ2v) is 3.04. The molecule has 0 spiro atoms. The third-order valence-electron chi connectivity index (χ3n) is 2.22. The third kappa shape index (κ3) is 1.50. The maximum absolute atomic E-state index is 5.35. The molecule has 0 bridgehead atoms. The van der Waals surface area contributed by atoms with E-state index in [1.165, 1.54) is 0 Å². The standard InChI is InChI=1S/C9H13N3O2/c1-10-8-6-5-14-4-3-7(6)11-9(12-8)13-2/h3-5H2,1-2H3,(H,10,11,12). The van der Waals surface area contributed by atoms with E-state index < -0.39 is 0 Å². The zero-order valence-electron chi connectivity index (χ0n) is 8.33. The molecule has 1 aromatic rings. The molecule has 0 fully saturated rings. The van der Waals surface area contributed by atoms with Gasteiger partial charge in [-0.3, -0.25) is 0 Å². The Morgan fingerprint density at radius 3 is 3.00 bits per heavy atom. The van der Waals surface area contributed by atoms with Crippen LogP contribution in [-0.2, 0) is 17.8 Å². The van der Waals surface area contributed by atoms with Crippen molar-refractivity contribution in [3.63, 3.8) is 0 Å². The highest BCUT2D eigenvalue weighted by molar-refractivity contribution is 5.47. The number of methoxy groups -OCH3 is 1. The monoisotopic (exact) mass is 195 g/mol. The number of anilines is 1. The number of hydrogen-bond acceptors (Lipinski definition) is 5. The molecule has 0 aliphatic carbocycles. The van der Waals surface area contributed by atoms with Crippen LogP contribution < -0.4 is 10.1 Å². The molecule has 2 rings (SSSR count). The molecule has 0 unspecified atom stereocenters. The van der Waals surface area contributed by atoms with E-state index in [0.29, 0.717) is 12.6 Å². The van der Waals surface area contributed by atoms with Gasteiger partial charge in [0.2, 0.25) is 0 Å². The first-order valence-electron chi connectivity index (χ1n) is 4.54. The number of nitrogens with zero attached hydrogens (tertiary/aromatic N) is 2. The maximum Gasteiger partial charge on any atom is 0.318 e. The minimum absolute atomic E-state index is 0.412. The summed E-state index contributed by atoms with van der Waals surface area (Å²) in [6, 6.07) is 0.412. The van der Waals surface area contributed by atoms with Crippen LogP contribution in [-0.4, -0.2) is 30.7 Å². The normalized spacial score (nSPS) is 14.7. The van der Waals surface area contributed by atoms with Gasteiger partial charge in [-0.2, -0.15) is 9.97 Å². The van der Waals surface area contributed by atoms with E-state index in [4.69, 9.17) is 9.47 Å². The predicted molar refractivity (Wildman–Crippen MR) is 51.5 cm³/mol. The van der Waals surface area contributed by atoms with Gasteiger partial charge < -0.3 is 14.8 Å². The van der Waals surface area contributed by atoms with Crippen LogP contribution in [0.5, 0.6) is 6.01 Å². The fourth-order valence-electron chi connectivity index (χ4n) is 1.51. The van der Waals surface area contributed by atoms with Crippen molar-refractivity contribution in [3.8, 4) is 6.01 Å². The molecule has 0 saturated heterocycles. The summed E-state index contributed by atoms with van der Waals surface area (Å²) in [7, 11) is 3.40. The van der Waals surface area contributed by atoms with Crippen LogP contribution in [0.4, 0.5) is 5.82 Å². The van der Waals surface area contributed by atoms with Crippen molar-refractivity contribution in [2.45, 2.75) is 13.0 Å². The Morgan fingerprint density at radius 1 is 1.43 bits per heavy atom. The van der Waals surface area contributed by atoms with Crippen molar-refractivity contribution in [1.29, 1.82) is 0 Å². The second-order valence-electron chi connectivity index (χ2n) is 3.04. The molecule has 0 atom stereocenters. The van der Waals surface area contributed by atoms with E-state index in [1.807, 2.05) is 7.05 Å². The smallest absolute Gasteiger partial charge is 0.318 e. The number of aromatic nitrogens is 2. The van der Waals surface area contributed by atoms with E-state index >= 15 is 0 Å². The number of fused-ring (bicyclic) bond motifs is 1. The van der Waals surface area contributed by atoms with Crippen molar-refractivity contribution in [2.75, 3.05) is 26.1 Å². The van der Waals surface area contributed by atoms with Crippen LogP contribution in [0.1, 0.15) is 11.3 Å². The molecular weight excluding hydrogens is 182 g/mol. The average Bonchev–Trinajstić information content (AvgIpc) is 2.27. The van der Waals surface area contributed by atoms with Gasteiger partial charge in [0, 0.05) is 19.0 Å². The third-order valence-corrected chi connectivity index (χ3v) is 2.22. The molecule has 1 N–H and O–H groups in total. The van der Waals surface area contributed by atoms with Gasteiger partial charge in [0.15, 0.2) is 0 Å². The lowest BCUT2D eigenvalue weighted by molar-refractivity contribution is 0.109. The highest BCUT2D eigenvalue weighted by atomic mass is 16.5. The molecule has 76 valence electrons. The second kappa shape index (κ2) is 3.79. The van der Waals surface area contributed by atoms with Gasteiger partial charge in [0.05, 0.1) is 26.0 Å². The molecule has 0 saturated carbocycles. The highest BCUT2D eigenvalue weighted by Crippen LogP contribution is 2.23. The first-order chi connectivity index (χ1) is 6.85. The first kappa shape index (κ1) is 9.21. The highest BCUT2D eigenvalue weighted by Gasteiger charge is 2.17. The fourth-order valence-corrected chi connectivity index (χ4v) is 1.51. The van der Waals surface area contributed by atoms with Gasteiger partial charge in [0.1, 0.15) is 5.82 Å². The summed E-state index contributed by atoms with van der Waals surface area (Å²) in [4.78, 5) is 8.49. The first-order valence-corrected chi connectivity index (χ1v) is 4.54. The molecule has 0 aromatic carbocycles. The average molecular weight is 195 g/mol. The van der Waals surface area contributed by atoms with Crippen molar-refractivity contribution >= 4 is 5.82 Å². The minimum atomic E-state index is 0.412. The van der Waals surface area contributed by atoms with E-state index in [1.54, 1.807) is 7.11 Å². The van der Waals surface area contributed by atoms with Crippen molar-refractivity contribution in [3.05, 3.63) is 11.3 Å². The molecule has 5 heteroatoms. The Morgan fingerprint density at radius 2 is 2.29 bits per heavy atom. The van der Waals surface area contributed by atoms with Crippen LogP contribution in [0.3, 0.4) is 0 Å². The van der Waals surface area contributed by atoms with E-state index in [-0.39, 0.29) is 0 Å². The van der Waals surface area contributed by atoms with Crippen LogP contribution in [0.15, 0.2) is 0 Å². The predicted octanol–water partition coefficient (Wildman–Crippen LogP) is 0.600. The molecular formula is C9H13N3O2. The number of hydrogen-bond donors (Lipinski definition) is 1. The Kier molecular flexibility index (Phi) is 2.49. The molecule has 0 radical (unpaired) electrons. The van der Waals surface area contributed by atoms with Gasteiger partial charge in [-0.05, 0) is 0 Å². The summed E-state index contributed by atoms with van der Waals surface area (Å²) in [5.41, 5.74) is 2.06. The molecule has 1 aromatic heterocycles. The van der Waals surface area contributed by atoms with Gasteiger partial charge in [-0.1, -0.05) is 0 Å². The zero-order valence-corrected chi connectivity index (χ0v) is 8.33. The van der Waals surface area contributed by atoms with E-state index in [2.05, 4.69) is 15.3 Å². The summed E-state index contributed by atoms with van der Waals surface area (Å²) in [5.74, 6) is 0.798. The minimum Gasteiger partial charge on any atom is -0.467 e.